The molecule has 0 aliphatic carbocycles. The highest BCUT2D eigenvalue weighted by molar-refractivity contribution is 6.02. The molecule has 6 nitrogen and oxygen atoms in total. The molecule has 2 N–H and O–H groups in total. The average Bonchev–Trinajstić information content (AvgIpc) is 2.54. The topological polar surface area (TPSA) is 78.5 Å². The predicted molar refractivity (Wildman–Crippen MR) is 89.1 cm³/mol. The smallest absolute Gasteiger partial charge is 0.319 e. The fourth-order valence-corrected chi connectivity index (χ4v) is 1.46. The summed E-state index contributed by atoms with van der Waals surface area (Å²) in [4.78, 5) is 34.5. The Balaban J connectivity index is 0.00000211. The summed E-state index contributed by atoms with van der Waals surface area (Å²) < 4.78 is 0. The Hall–Kier alpha value is -2.63. The second kappa shape index (κ2) is 11.1. The Bertz CT molecular complexity index is 510. The van der Waals surface area contributed by atoms with Gasteiger partial charge < -0.3 is 15.5 Å². The summed E-state index contributed by atoms with van der Waals surface area (Å²) in [5.74, 6) is -0.304. The Morgan fingerprint density at radius 3 is 2.27 bits per heavy atom. The first-order chi connectivity index (χ1) is 10.6. The van der Waals surface area contributed by atoms with Crippen LogP contribution in [-0.4, -0.2) is 31.8 Å². The van der Waals surface area contributed by atoms with E-state index in [4.69, 9.17) is 0 Å². The number of allylic oxidation sites excluding steroid dienone is 1. The molecule has 1 aromatic carbocycles. The van der Waals surface area contributed by atoms with Crippen LogP contribution in [0.1, 0.15) is 20.8 Å². The van der Waals surface area contributed by atoms with Gasteiger partial charge in [-0.25, -0.2) is 4.79 Å². The van der Waals surface area contributed by atoms with E-state index in [1.54, 1.807) is 31.3 Å². The maximum atomic E-state index is 11.7. The van der Waals surface area contributed by atoms with Crippen LogP contribution in [0.2, 0.25) is 0 Å². The van der Waals surface area contributed by atoms with Gasteiger partial charge in [-0.3, -0.25) is 9.59 Å². The third kappa shape index (κ3) is 6.69. The minimum absolute atomic E-state index is 0.279. The van der Waals surface area contributed by atoms with Gasteiger partial charge in [0.2, 0.25) is 0 Å². The van der Waals surface area contributed by atoms with Crippen molar-refractivity contribution in [2.45, 2.75) is 20.8 Å². The molecule has 0 aliphatic rings. The van der Waals surface area contributed by atoms with E-state index in [0.29, 0.717) is 24.2 Å². The van der Waals surface area contributed by atoms with E-state index in [9.17, 15) is 14.4 Å². The van der Waals surface area contributed by atoms with Crippen LogP contribution in [0.25, 0.3) is 0 Å². The third-order valence-corrected chi connectivity index (χ3v) is 2.50. The van der Waals surface area contributed by atoms with Crippen molar-refractivity contribution in [3.05, 3.63) is 36.4 Å². The maximum absolute atomic E-state index is 11.7. The maximum Gasteiger partial charge on any atom is 0.319 e. The number of carbonyl (C=O) groups excluding carboxylic acids is 3. The lowest BCUT2D eigenvalue weighted by atomic mass is 10.2. The third-order valence-electron chi connectivity index (χ3n) is 2.50. The van der Waals surface area contributed by atoms with Crippen LogP contribution >= 0.6 is 0 Å². The number of urea groups is 1. The number of amides is 3. The standard InChI is InChI=1S/C14H17N3O3.C2H6/c1-3-15-14(20)16-11-6-8-12(9-7-11)17(2)13(19)5-4-10-18;1-2/h4-10H,3H2,1-2H3,(H2,15,16,20);1-2H3/b5-4-;. The van der Waals surface area contributed by atoms with Gasteiger partial charge in [0, 0.05) is 31.0 Å². The number of nitrogens with zero attached hydrogens (tertiary/aromatic N) is 1. The summed E-state index contributed by atoms with van der Waals surface area (Å²) >= 11 is 0. The zero-order valence-electron chi connectivity index (χ0n) is 13.4. The number of anilines is 2. The van der Waals surface area contributed by atoms with Crippen molar-refractivity contribution in [1.82, 2.24) is 5.32 Å². The highest BCUT2D eigenvalue weighted by Crippen LogP contribution is 2.17. The van der Waals surface area contributed by atoms with Gasteiger partial charge in [-0.05, 0) is 37.3 Å². The Kier molecular flexibility index (Phi) is 9.75. The molecule has 0 unspecified atom stereocenters. The number of aldehydes is 1. The lowest BCUT2D eigenvalue weighted by Crippen LogP contribution is -2.28. The molecular weight excluding hydrogens is 282 g/mol. The summed E-state index contributed by atoms with van der Waals surface area (Å²) in [6.45, 7) is 6.38. The molecule has 0 atom stereocenters. The van der Waals surface area contributed by atoms with Crippen LogP contribution in [0.4, 0.5) is 16.2 Å². The van der Waals surface area contributed by atoms with E-state index in [0.717, 1.165) is 6.08 Å². The molecule has 3 amide bonds. The quantitative estimate of drug-likeness (QED) is 0.648. The monoisotopic (exact) mass is 305 g/mol. The zero-order chi connectivity index (χ0) is 17.0. The van der Waals surface area contributed by atoms with Crippen LogP contribution < -0.4 is 15.5 Å². The van der Waals surface area contributed by atoms with Gasteiger partial charge in [0.1, 0.15) is 6.29 Å². The number of rotatable bonds is 5. The van der Waals surface area contributed by atoms with Gasteiger partial charge in [-0.1, -0.05) is 13.8 Å². The van der Waals surface area contributed by atoms with Gasteiger partial charge in [-0.2, -0.15) is 0 Å². The lowest BCUT2D eigenvalue weighted by Gasteiger charge is -2.15. The number of hydrogen-bond donors (Lipinski definition) is 2. The molecule has 6 heteroatoms. The van der Waals surface area contributed by atoms with E-state index >= 15 is 0 Å². The van der Waals surface area contributed by atoms with E-state index in [1.807, 2.05) is 20.8 Å². The Labute approximate surface area is 131 Å². The van der Waals surface area contributed by atoms with Gasteiger partial charge in [0.15, 0.2) is 0 Å². The summed E-state index contributed by atoms with van der Waals surface area (Å²) in [5.41, 5.74) is 1.29. The largest absolute Gasteiger partial charge is 0.338 e. The van der Waals surface area contributed by atoms with Crippen molar-refractivity contribution >= 4 is 29.6 Å². The molecule has 1 rings (SSSR count). The molecule has 0 aliphatic heterocycles. The lowest BCUT2D eigenvalue weighted by molar-refractivity contribution is -0.114. The molecule has 0 saturated heterocycles. The van der Waals surface area contributed by atoms with Crippen LogP contribution in [0.15, 0.2) is 36.4 Å². The number of benzene rings is 1. The fourth-order valence-electron chi connectivity index (χ4n) is 1.46. The molecule has 0 aromatic heterocycles. The minimum atomic E-state index is -0.304. The molecule has 0 fully saturated rings. The van der Waals surface area contributed by atoms with Gasteiger partial charge in [-0.15, -0.1) is 0 Å². The summed E-state index contributed by atoms with van der Waals surface area (Å²) in [7, 11) is 1.60. The van der Waals surface area contributed by atoms with Crippen molar-refractivity contribution in [2.75, 3.05) is 23.8 Å². The SMILES string of the molecule is CC.CCNC(=O)Nc1ccc(N(C)C(=O)/C=C\C=O)cc1. The number of carbonyl (C=O) groups is 3. The van der Waals surface area contributed by atoms with Crippen LogP contribution in [-0.2, 0) is 9.59 Å². The molecule has 0 radical (unpaired) electrons. The van der Waals surface area contributed by atoms with Crippen LogP contribution in [0, 0.1) is 0 Å². The van der Waals surface area contributed by atoms with E-state index in [1.165, 1.54) is 11.0 Å². The second-order valence-electron chi connectivity index (χ2n) is 3.92. The van der Waals surface area contributed by atoms with Crippen LogP contribution in [0.5, 0.6) is 0 Å². The number of likely N-dealkylation sites (N-methyl/N-ethyl adjacent to an activating group) is 1. The zero-order valence-corrected chi connectivity index (χ0v) is 13.4. The highest BCUT2D eigenvalue weighted by atomic mass is 16.2. The summed E-state index contributed by atoms with van der Waals surface area (Å²) in [6, 6.07) is 6.51. The first-order valence-electron chi connectivity index (χ1n) is 7.13. The van der Waals surface area contributed by atoms with Crippen LogP contribution in [0.3, 0.4) is 0 Å². The van der Waals surface area contributed by atoms with Gasteiger partial charge in [0.05, 0.1) is 0 Å². The normalized spacial score (nSPS) is 9.45. The van der Waals surface area contributed by atoms with Gasteiger partial charge in [0.25, 0.3) is 5.91 Å². The summed E-state index contributed by atoms with van der Waals surface area (Å²) in [6.07, 6.45) is 2.88. The fraction of sp³-hybridized carbons (Fsp3) is 0.312. The molecule has 0 saturated carbocycles. The number of nitrogens with one attached hydrogen (secondary N) is 2. The highest BCUT2D eigenvalue weighted by Gasteiger charge is 2.07. The van der Waals surface area contributed by atoms with Crippen molar-refractivity contribution in [3.63, 3.8) is 0 Å². The van der Waals surface area contributed by atoms with Crippen molar-refractivity contribution in [3.8, 4) is 0 Å². The molecule has 22 heavy (non-hydrogen) atoms. The Morgan fingerprint density at radius 1 is 1.18 bits per heavy atom. The van der Waals surface area contributed by atoms with Crippen molar-refractivity contribution in [2.24, 2.45) is 0 Å². The molecule has 0 spiro atoms. The Morgan fingerprint density at radius 2 is 1.77 bits per heavy atom. The van der Waals surface area contributed by atoms with Crippen molar-refractivity contribution in [1.29, 1.82) is 0 Å². The minimum Gasteiger partial charge on any atom is -0.338 e. The first-order valence-corrected chi connectivity index (χ1v) is 7.13. The van der Waals surface area contributed by atoms with E-state index in [2.05, 4.69) is 10.6 Å². The molecule has 0 heterocycles. The molecule has 120 valence electrons. The van der Waals surface area contributed by atoms with Crippen molar-refractivity contribution < 1.29 is 14.4 Å². The average molecular weight is 305 g/mol. The second-order valence-corrected chi connectivity index (χ2v) is 3.92. The molecular formula is C16H23N3O3. The van der Waals surface area contributed by atoms with E-state index < -0.39 is 0 Å². The molecule has 0 bridgehead atoms. The first kappa shape index (κ1) is 19.4. The summed E-state index contributed by atoms with van der Waals surface area (Å²) in [5, 5.41) is 5.27. The van der Waals surface area contributed by atoms with Gasteiger partial charge >= 0.3 is 6.03 Å². The van der Waals surface area contributed by atoms with E-state index in [-0.39, 0.29) is 11.9 Å². The molecule has 1 aromatic rings. The predicted octanol–water partition coefficient (Wildman–Crippen LogP) is 2.57. The number of hydrogen-bond acceptors (Lipinski definition) is 3.